The lowest BCUT2D eigenvalue weighted by molar-refractivity contribution is -0.120. The summed E-state index contributed by atoms with van der Waals surface area (Å²) < 4.78 is 5.08. The van der Waals surface area contributed by atoms with Gasteiger partial charge in [0.25, 0.3) is 0 Å². The highest BCUT2D eigenvalue weighted by molar-refractivity contribution is 5.86. The number of nitrogens with zero attached hydrogens (tertiary/aromatic N) is 1. The summed E-state index contributed by atoms with van der Waals surface area (Å²) in [5.41, 5.74) is 4.66. The van der Waals surface area contributed by atoms with Crippen molar-refractivity contribution in [2.75, 3.05) is 7.11 Å². The van der Waals surface area contributed by atoms with Crippen molar-refractivity contribution in [2.24, 2.45) is 5.10 Å². The second-order valence-corrected chi connectivity index (χ2v) is 4.74. The van der Waals surface area contributed by atoms with Crippen molar-refractivity contribution in [3.8, 4) is 5.75 Å². The third-order valence-corrected chi connectivity index (χ3v) is 2.94. The average molecular weight is 276 g/mol. The quantitative estimate of drug-likeness (QED) is 0.585. The maximum atomic E-state index is 11.8. The summed E-state index contributed by atoms with van der Waals surface area (Å²) in [6, 6.07) is 7.49. The molecule has 0 aromatic heterocycles. The number of hydrogen-bond donors (Lipinski definition) is 1. The molecule has 0 heterocycles. The summed E-state index contributed by atoms with van der Waals surface area (Å²) in [4.78, 5) is 11.8. The van der Waals surface area contributed by atoms with E-state index in [1.807, 2.05) is 24.3 Å². The predicted octanol–water partition coefficient (Wildman–Crippen LogP) is 3.31. The number of nitrogens with one attached hydrogen (secondary N) is 1. The van der Waals surface area contributed by atoms with Crippen molar-refractivity contribution in [1.29, 1.82) is 0 Å². The smallest absolute Gasteiger partial charge is 0.244 e. The minimum atomic E-state index is -0.0835. The molecule has 20 heavy (non-hydrogen) atoms. The van der Waals surface area contributed by atoms with E-state index in [-0.39, 0.29) is 5.91 Å². The van der Waals surface area contributed by atoms with Crippen molar-refractivity contribution >= 4 is 11.6 Å². The molecular weight excluding hydrogens is 252 g/mol. The van der Waals surface area contributed by atoms with Crippen molar-refractivity contribution in [3.05, 3.63) is 29.8 Å². The molecule has 1 amide bonds. The van der Waals surface area contributed by atoms with Gasteiger partial charge in [0.2, 0.25) is 5.91 Å². The number of ether oxygens (including phenoxy) is 1. The first-order valence-electron chi connectivity index (χ1n) is 7.16. The Balaban J connectivity index is 2.51. The van der Waals surface area contributed by atoms with E-state index in [9.17, 15) is 4.79 Å². The lowest BCUT2D eigenvalue weighted by atomic mass is 10.1. The van der Waals surface area contributed by atoms with Crippen LogP contribution in [-0.2, 0) is 11.2 Å². The van der Waals surface area contributed by atoms with Gasteiger partial charge in [-0.05, 0) is 30.5 Å². The Morgan fingerprint density at radius 2 is 1.75 bits per heavy atom. The minimum Gasteiger partial charge on any atom is -0.497 e. The lowest BCUT2D eigenvalue weighted by Crippen LogP contribution is -2.21. The molecule has 0 bridgehead atoms. The van der Waals surface area contributed by atoms with Gasteiger partial charge in [0.05, 0.1) is 13.5 Å². The fourth-order valence-corrected chi connectivity index (χ4v) is 1.92. The Labute approximate surface area is 121 Å². The highest BCUT2D eigenvalue weighted by atomic mass is 16.5. The van der Waals surface area contributed by atoms with E-state index >= 15 is 0 Å². The van der Waals surface area contributed by atoms with Crippen LogP contribution in [0.25, 0.3) is 0 Å². The molecule has 0 saturated heterocycles. The van der Waals surface area contributed by atoms with E-state index in [4.69, 9.17) is 4.74 Å². The molecule has 0 unspecified atom stereocenters. The van der Waals surface area contributed by atoms with Gasteiger partial charge < -0.3 is 4.74 Å². The van der Waals surface area contributed by atoms with Crippen molar-refractivity contribution in [2.45, 2.75) is 46.0 Å². The molecule has 0 spiro atoms. The number of benzene rings is 1. The zero-order valence-electron chi connectivity index (χ0n) is 12.6. The van der Waals surface area contributed by atoms with E-state index in [0.29, 0.717) is 6.42 Å². The zero-order valence-corrected chi connectivity index (χ0v) is 12.6. The first kappa shape index (κ1) is 16.2. The monoisotopic (exact) mass is 276 g/mol. The van der Waals surface area contributed by atoms with E-state index in [1.165, 1.54) is 0 Å². The molecule has 4 heteroatoms. The van der Waals surface area contributed by atoms with Gasteiger partial charge in [-0.3, -0.25) is 4.79 Å². The van der Waals surface area contributed by atoms with Crippen LogP contribution in [-0.4, -0.2) is 18.7 Å². The first-order chi connectivity index (χ1) is 9.69. The summed E-state index contributed by atoms with van der Waals surface area (Å²) in [6.45, 7) is 4.23. The topological polar surface area (TPSA) is 50.7 Å². The van der Waals surface area contributed by atoms with Gasteiger partial charge in [-0.15, -0.1) is 0 Å². The Kier molecular flexibility index (Phi) is 7.40. The molecule has 0 saturated carbocycles. The molecule has 1 aromatic carbocycles. The molecule has 110 valence electrons. The van der Waals surface area contributed by atoms with Crippen LogP contribution in [0.5, 0.6) is 5.75 Å². The molecule has 0 atom stereocenters. The molecule has 0 aliphatic carbocycles. The second kappa shape index (κ2) is 9.13. The summed E-state index contributed by atoms with van der Waals surface area (Å²) in [5.74, 6) is 0.709. The standard InChI is InChI=1S/C16H24N2O2/c1-4-6-14(7-5-2)17-18-16(19)12-13-8-10-15(20-3)11-9-13/h8-11H,4-7,12H2,1-3H3,(H,18,19). The molecule has 0 aliphatic heterocycles. The van der Waals surface area contributed by atoms with Crippen LogP contribution in [0.2, 0.25) is 0 Å². The molecule has 1 rings (SSSR count). The van der Waals surface area contributed by atoms with Gasteiger partial charge in [-0.25, -0.2) is 5.43 Å². The number of carbonyl (C=O) groups is 1. The van der Waals surface area contributed by atoms with Crippen molar-refractivity contribution in [1.82, 2.24) is 5.43 Å². The third kappa shape index (κ3) is 5.87. The maximum absolute atomic E-state index is 11.8. The molecule has 0 radical (unpaired) electrons. The van der Waals surface area contributed by atoms with Crippen LogP contribution in [0.4, 0.5) is 0 Å². The highest BCUT2D eigenvalue weighted by Crippen LogP contribution is 2.11. The first-order valence-corrected chi connectivity index (χ1v) is 7.16. The largest absolute Gasteiger partial charge is 0.497 e. The summed E-state index contributed by atoms with van der Waals surface area (Å²) >= 11 is 0. The summed E-state index contributed by atoms with van der Waals surface area (Å²) in [5, 5.41) is 4.23. The normalized spacial score (nSPS) is 9.95. The number of hydrazone groups is 1. The summed E-state index contributed by atoms with van der Waals surface area (Å²) in [7, 11) is 1.62. The summed E-state index contributed by atoms with van der Waals surface area (Å²) in [6.07, 6.45) is 4.31. The maximum Gasteiger partial charge on any atom is 0.244 e. The van der Waals surface area contributed by atoms with Gasteiger partial charge in [0, 0.05) is 5.71 Å². The van der Waals surface area contributed by atoms with Gasteiger partial charge in [-0.1, -0.05) is 38.8 Å². The fraction of sp³-hybridized carbons (Fsp3) is 0.500. The minimum absolute atomic E-state index is 0.0835. The van der Waals surface area contributed by atoms with E-state index in [0.717, 1.165) is 42.7 Å². The fourth-order valence-electron chi connectivity index (χ4n) is 1.92. The number of carbonyl (C=O) groups excluding carboxylic acids is 1. The lowest BCUT2D eigenvalue weighted by Gasteiger charge is -2.05. The van der Waals surface area contributed by atoms with Crippen LogP contribution in [0.1, 0.15) is 45.1 Å². The van der Waals surface area contributed by atoms with E-state index < -0.39 is 0 Å². The molecule has 4 nitrogen and oxygen atoms in total. The van der Waals surface area contributed by atoms with Crippen molar-refractivity contribution < 1.29 is 9.53 Å². The van der Waals surface area contributed by atoms with Crippen LogP contribution >= 0.6 is 0 Å². The van der Waals surface area contributed by atoms with Gasteiger partial charge >= 0.3 is 0 Å². The van der Waals surface area contributed by atoms with Gasteiger partial charge in [0.1, 0.15) is 5.75 Å². The Morgan fingerprint density at radius 1 is 1.15 bits per heavy atom. The van der Waals surface area contributed by atoms with Crippen LogP contribution in [0.3, 0.4) is 0 Å². The molecule has 1 aromatic rings. The number of methoxy groups -OCH3 is 1. The molecule has 1 N–H and O–H groups in total. The van der Waals surface area contributed by atoms with Crippen molar-refractivity contribution in [3.63, 3.8) is 0 Å². The van der Waals surface area contributed by atoms with Gasteiger partial charge in [0.15, 0.2) is 0 Å². The number of amides is 1. The zero-order chi connectivity index (χ0) is 14.8. The highest BCUT2D eigenvalue weighted by Gasteiger charge is 2.04. The third-order valence-electron chi connectivity index (χ3n) is 2.94. The van der Waals surface area contributed by atoms with Gasteiger partial charge in [-0.2, -0.15) is 5.10 Å². The number of rotatable bonds is 8. The Morgan fingerprint density at radius 3 is 2.25 bits per heavy atom. The predicted molar refractivity (Wildman–Crippen MR) is 82.1 cm³/mol. The van der Waals surface area contributed by atoms with Crippen LogP contribution in [0.15, 0.2) is 29.4 Å². The molecular formula is C16H24N2O2. The Hall–Kier alpha value is -1.84. The second-order valence-electron chi connectivity index (χ2n) is 4.74. The SMILES string of the molecule is CCCC(CCC)=NNC(=O)Cc1ccc(OC)cc1. The molecule has 0 fully saturated rings. The van der Waals surface area contributed by atoms with E-state index in [1.54, 1.807) is 7.11 Å². The van der Waals surface area contributed by atoms with Crippen LogP contribution in [0, 0.1) is 0 Å². The van der Waals surface area contributed by atoms with Crippen LogP contribution < -0.4 is 10.2 Å². The molecule has 0 aliphatic rings. The Bertz CT molecular complexity index is 430. The van der Waals surface area contributed by atoms with E-state index in [2.05, 4.69) is 24.4 Å². The number of hydrogen-bond acceptors (Lipinski definition) is 3. The average Bonchev–Trinajstić information content (AvgIpc) is 2.46.